The van der Waals surface area contributed by atoms with Crippen LogP contribution in [0.4, 0.5) is 0 Å². The summed E-state index contributed by atoms with van der Waals surface area (Å²) in [7, 11) is 1.54. The summed E-state index contributed by atoms with van der Waals surface area (Å²) in [5.41, 5.74) is 1.83. The van der Waals surface area contributed by atoms with Crippen LogP contribution in [-0.2, 0) is 4.79 Å². The Morgan fingerprint density at radius 3 is 2.74 bits per heavy atom. The quantitative estimate of drug-likeness (QED) is 0.865. The maximum atomic E-state index is 11.5. The highest BCUT2D eigenvalue weighted by Gasteiger charge is 2.15. The van der Waals surface area contributed by atoms with E-state index in [0.29, 0.717) is 11.3 Å². The van der Waals surface area contributed by atoms with Crippen molar-refractivity contribution in [3.05, 3.63) is 51.7 Å². The van der Waals surface area contributed by atoms with Gasteiger partial charge in [0, 0.05) is 10.4 Å². The molecule has 3 nitrogen and oxygen atoms in total. The first-order chi connectivity index (χ1) is 9.11. The molecule has 2 aromatic rings. The topological polar surface area (TPSA) is 46.5 Å². The van der Waals surface area contributed by atoms with E-state index in [1.165, 1.54) is 11.3 Å². The lowest BCUT2D eigenvalue weighted by molar-refractivity contribution is -0.130. The molecule has 0 saturated carbocycles. The van der Waals surface area contributed by atoms with Gasteiger partial charge in [0.1, 0.15) is 5.75 Å². The van der Waals surface area contributed by atoms with E-state index in [1.54, 1.807) is 19.3 Å². The lowest BCUT2D eigenvalue weighted by Crippen LogP contribution is -2.02. The van der Waals surface area contributed by atoms with Crippen molar-refractivity contribution in [1.29, 1.82) is 0 Å². The molecule has 0 aliphatic carbocycles. The van der Waals surface area contributed by atoms with Gasteiger partial charge in [-0.05, 0) is 36.6 Å². The second kappa shape index (κ2) is 5.71. The highest BCUT2D eigenvalue weighted by molar-refractivity contribution is 7.11. The Morgan fingerprint density at radius 2 is 2.16 bits per heavy atom. The van der Waals surface area contributed by atoms with Crippen molar-refractivity contribution >= 4 is 29.0 Å². The molecule has 0 bridgehead atoms. The third kappa shape index (κ3) is 3.03. The molecule has 0 aliphatic rings. The van der Waals surface area contributed by atoms with Gasteiger partial charge in [-0.15, -0.1) is 11.3 Å². The molecule has 19 heavy (non-hydrogen) atoms. The average Bonchev–Trinajstić information content (AvgIpc) is 2.88. The molecule has 0 unspecified atom stereocenters. The molecule has 0 amide bonds. The fourth-order valence-electron chi connectivity index (χ4n) is 1.80. The van der Waals surface area contributed by atoms with Crippen molar-refractivity contribution < 1.29 is 14.6 Å². The Morgan fingerprint density at radius 1 is 1.37 bits per heavy atom. The molecular formula is C15H14O3S. The number of aliphatic carboxylic acids is 1. The molecular weight excluding hydrogens is 260 g/mol. The molecule has 1 N–H and O–H groups in total. The predicted octanol–water partition coefficient (Wildman–Crippen LogP) is 3.69. The highest BCUT2D eigenvalue weighted by atomic mass is 32.1. The number of carbonyl (C=O) groups is 1. The Kier molecular flexibility index (Phi) is 4.02. The summed E-state index contributed by atoms with van der Waals surface area (Å²) >= 11 is 1.50. The SMILES string of the molecule is COc1ccc(C)cc1/C(=C/c1cccs1)C(=O)O. The third-order valence-corrected chi connectivity index (χ3v) is 3.52. The van der Waals surface area contributed by atoms with Crippen LogP contribution in [0, 0.1) is 6.92 Å². The molecule has 0 radical (unpaired) electrons. The lowest BCUT2D eigenvalue weighted by Gasteiger charge is -2.10. The summed E-state index contributed by atoms with van der Waals surface area (Å²) in [6, 6.07) is 9.29. The van der Waals surface area contributed by atoms with Crippen molar-refractivity contribution in [3.8, 4) is 5.75 Å². The molecule has 1 aromatic carbocycles. The van der Waals surface area contributed by atoms with E-state index in [2.05, 4.69) is 0 Å². The minimum absolute atomic E-state index is 0.239. The Hall–Kier alpha value is -2.07. The second-order valence-corrected chi connectivity index (χ2v) is 5.06. The molecule has 0 atom stereocenters. The van der Waals surface area contributed by atoms with Gasteiger partial charge in [0.2, 0.25) is 0 Å². The molecule has 0 spiro atoms. The van der Waals surface area contributed by atoms with Crippen molar-refractivity contribution in [2.45, 2.75) is 6.92 Å². The average molecular weight is 274 g/mol. The van der Waals surface area contributed by atoms with Gasteiger partial charge >= 0.3 is 5.97 Å². The first-order valence-corrected chi connectivity index (χ1v) is 6.63. The van der Waals surface area contributed by atoms with Gasteiger partial charge in [0.15, 0.2) is 0 Å². The van der Waals surface area contributed by atoms with Crippen LogP contribution in [0.1, 0.15) is 16.0 Å². The largest absolute Gasteiger partial charge is 0.496 e. The first kappa shape index (κ1) is 13.4. The number of benzene rings is 1. The van der Waals surface area contributed by atoms with Gasteiger partial charge in [-0.3, -0.25) is 0 Å². The number of carboxylic acids is 1. The van der Waals surface area contributed by atoms with E-state index < -0.39 is 5.97 Å². The fourth-order valence-corrected chi connectivity index (χ4v) is 2.46. The van der Waals surface area contributed by atoms with E-state index in [1.807, 2.05) is 36.6 Å². The van der Waals surface area contributed by atoms with Crippen LogP contribution in [0.5, 0.6) is 5.75 Å². The standard InChI is InChI=1S/C15H14O3S/c1-10-5-6-14(18-2)12(8-10)13(15(16)17)9-11-4-3-7-19-11/h3-9H,1-2H3,(H,16,17)/b13-9-. The summed E-state index contributed by atoms with van der Waals surface area (Å²) < 4.78 is 5.25. The second-order valence-electron chi connectivity index (χ2n) is 4.08. The van der Waals surface area contributed by atoms with Crippen LogP contribution in [-0.4, -0.2) is 18.2 Å². The summed E-state index contributed by atoms with van der Waals surface area (Å²) in [6.45, 7) is 1.92. The number of hydrogen-bond donors (Lipinski definition) is 1. The van der Waals surface area contributed by atoms with Gasteiger partial charge in [-0.2, -0.15) is 0 Å². The summed E-state index contributed by atoms with van der Waals surface area (Å²) in [4.78, 5) is 12.4. The van der Waals surface area contributed by atoms with Crippen molar-refractivity contribution in [3.63, 3.8) is 0 Å². The molecule has 0 saturated heterocycles. The molecule has 2 rings (SSSR count). The number of aryl methyl sites for hydroxylation is 1. The van der Waals surface area contributed by atoms with Crippen LogP contribution < -0.4 is 4.74 Å². The normalized spacial score (nSPS) is 11.4. The van der Waals surface area contributed by atoms with E-state index in [4.69, 9.17) is 4.74 Å². The molecule has 98 valence electrons. The minimum Gasteiger partial charge on any atom is -0.496 e. The maximum Gasteiger partial charge on any atom is 0.336 e. The number of thiophene rings is 1. The third-order valence-electron chi connectivity index (χ3n) is 2.71. The predicted molar refractivity (Wildman–Crippen MR) is 77.6 cm³/mol. The van der Waals surface area contributed by atoms with Crippen molar-refractivity contribution in [1.82, 2.24) is 0 Å². The zero-order valence-electron chi connectivity index (χ0n) is 10.7. The van der Waals surface area contributed by atoms with E-state index in [-0.39, 0.29) is 5.57 Å². The van der Waals surface area contributed by atoms with Gasteiger partial charge < -0.3 is 9.84 Å². The van der Waals surface area contributed by atoms with E-state index in [9.17, 15) is 9.90 Å². The smallest absolute Gasteiger partial charge is 0.336 e. The summed E-state index contributed by atoms with van der Waals surface area (Å²) in [6.07, 6.45) is 1.67. The number of rotatable bonds is 4. The van der Waals surface area contributed by atoms with Crippen LogP contribution in [0.2, 0.25) is 0 Å². The van der Waals surface area contributed by atoms with Crippen molar-refractivity contribution in [2.75, 3.05) is 7.11 Å². The minimum atomic E-state index is -0.961. The summed E-state index contributed by atoms with van der Waals surface area (Å²) in [5, 5.41) is 11.3. The van der Waals surface area contributed by atoms with Crippen LogP contribution in [0.25, 0.3) is 11.6 Å². The van der Waals surface area contributed by atoms with E-state index in [0.717, 1.165) is 10.4 Å². The summed E-state index contributed by atoms with van der Waals surface area (Å²) in [5.74, 6) is -0.395. The Balaban J connectivity index is 2.57. The lowest BCUT2D eigenvalue weighted by atomic mass is 10.0. The van der Waals surface area contributed by atoms with E-state index >= 15 is 0 Å². The van der Waals surface area contributed by atoms with Crippen LogP contribution in [0.3, 0.4) is 0 Å². The number of carboxylic acid groups (broad SMARTS) is 1. The molecule has 0 fully saturated rings. The van der Waals surface area contributed by atoms with Gasteiger partial charge in [-0.1, -0.05) is 17.7 Å². The molecule has 1 aromatic heterocycles. The van der Waals surface area contributed by atoms with Crippen LogP contribution >= 0.6 is 11.3 Å². The molecule has 4 heteroatoms. The zero-order valence-corrected chi connectivity index (χ0v) is 11.5. The maximum absolute atomic E-state index is 11.5. The number of ether oxygens (including phenoxy) is 1. The van der Waals surface area contributed by atoms with Gasteiger partial charge in [0.05, 0.1) is 12.7 Å². The highest BCUT2D eigenvalue weighted by Crippen LogP contribution is 2.29. The first-order valence-electron chi connectivity index (χ1n) is 5.75. The Labute approximate surface area is 115 Å². The van der Waals surface area contributed by atoms with Crippen LogP contribution in [0.15, 0.2) is 35.7 Å². The van der Waals surface area contributed by atoms with Gasteiger partial charge in [0.25, 0.3) is 0 Å². The monoisotopic (exact) mass is 274 g/mol. The molecule has 1 heterocycles. The molecule has 0 aliphatic heterocycles. The van der Waals surface area contributed by atoms with Gasteiger partial charge in [-0.25, -0.2) is 4.79 Å². The zero-order chi connectivity index (χ0) is 13.8. The number of hydrogen-bond acceptors (Lipinski definition) is 3. The fraction of sp³-hybridized carbons (Fsp3) is 0.133. The number of methoxy groups -OCH3 is 1. The van der Waals surface area contributed by atoms with Crippen molar-refractivity contribution in [2.24, 2.45) is 0 Å². The Bertz CT molecular complexity index is 612.